The third-order valence-corrected chi connectivity index (χ3v) is 4.07. The maximum Gasteiger partial charge on any atom is 0.221 e. The second kappa shape index (κ2) is 8.11. The van der Waals surface area contributed by atoms with Crippen LogP contribution in [0.25, 0.3) is 0 Å². The average molecular weight is 328 g/mol. The Balaban J connectivity index is 1.89. The number of benzene rings is 1. The quantitative estimate of drug-likeness (QED) is 0.818. The molecule has 5 heteroatoms. The van der Waals surface area contributed by atoms with Crippen LogP contribution in [-0.4, -0.2) is 22.2 Å². The van der Waals surface area contributed by atoms with Crippen LogP contribution < -0.4 is 10.6 Å². The van der Waals surface area contributed by atoms with E-state index in [1.54, 1.807) is 0 Å². The summed E-state index contributed by atoms with van der Waals surface area (Å²) in [6, 6.07) is 10.3. The molecule has 0 bridgehead atoms. The van der Waals surface area contributed by atoms with E-state index in [4.69, 9.17) is 0 Å². The largest absolute Gasteiger partial charge is 0.326 e. The summed E-state index contributed by atoms with van der Waals surface area (Å²) in [5.74, 6) is 0.426. The van der Waals surface area contributed by atoms with E-state index in [1.165, 1.54) is 18.2 Å². The van der Waals surface area contributed by atoms with E-state index in [1.807, 2.05) is 25.1 Å². The highest BCUT2D eigenvalue weighted by Gasteiger charge is 2.11. The lowest BCUT2D eigenvalue weighted by molar-refractivity contribution is -0.114. The number of hydrogen-bond acceptors (Lipinski definition) is 3. The molecular formula is C19H28N4O. The molecule has 0 radical (unpaired) electrons. The first kappa shape index (κ1) is 18.2. The lowest BCUT2D eigenvalue weighted by Gasteiger charge is -2.19. The van der Waals surface area contributed by atoms with Gasteiger partial charge in [-0.05, 0) is 50.5 Å². The fraction of sp³-hybridized carbons (Fsp3) is 0.474. The number of amides is 1. The molecule has 2 atom stereocenters. The van der Waals surface area contributed by atoms with Gasteiger partial charge < -0.3 is 10.6 Å². The standard InChI is InChI=1S/C19H28N4O/c1-13(12-23-15(3)9-14(2)22-23)11-20-16(4)18-7-6-8-19(10-18)21-17(5)24/h6-10,13,16,20H,11-12H2,1-5H3,(H,21,24)/t13-,16+/m1/s1. The summed E-state index contributed by atoms with van der Waals surface area (Å²) >= 11 is 0. The highest BCUT2D eigenvalue weighted by Crippen LogP contribution is 2.18. The Labute approximate surface area is 144 Å². The van der Waals surface area contributed by atoms with Gasteiger partial charge in [0, 0.05) is 37.4 Å². The van der Waals surface area contributed by atoms with Crippen molar-refractivity contribution in [3.8, 4) is 0 Å². The number of anilines is 1. The summed E-state index contributed by atoms with van der Waals surface area (Å²) in [4.78, 5) is 11.2. The fourth-order valence-electron chi connectivity index (χ4n) is 2.80. The molecule has 5 nitrogen and oxygen atoms in total. The van der Waals surface area contributed by atoms with Crippen LogP contribution in [0, 0.1) is 19.8 Å². The van der Waals surface area contributed by atoms with E-state index in [-0.39, 0.29) is 11.9 Å². The lowest BCUT2D eigenvalue weighted by atomic mass is 10.1. The molecule has 1 heterocycles. The lowest BCUT2D eigenvalue weighted by Crippen LogP contribution is -2.27. The maximum absolute atomic E-state index is 11.2. The maximum atomic E-state index is 11.2. The van der Waals surface area contributed by atoms with E-state index in [9.17, 15) is 4.79 Å². The first-order valence-corrected chi connectivity index (χ1v) is 8.47. The van der Waals surface area contributed by atoms with Gasteiger partial charge in [0.1, 0.15) is 0 Å². The van der Waals surface area contributed by atoms with Gasteiger partial charge in [-0.3, -0.25) is 9.48 Å². The molecule has 0 aliphatic carbocycles. The van der Waals surface area contributed by atoms with Gasteiger partial charge >= 0.3 is 0 Å². The van der Waals surface area contributed by atoms with Gasteiger partial charge in [0.2, 0.25) is 5.91 Å². The SMILES string of the molecule is CC(=O)Nc1cccc([C@H](C)NC[C@@H](C)Cn2nc(C)cc2C)c1. The Morgan fingerprint density at radius 3 is 2.62 bits per heavy atom. The molecule has 0 unspecified atom stereocenters. The number of carbonyl (C=O) groups is 1. The van der Waals surface area contributed by atoms with Crippen molar-refractivity contribution < 1.29 is 4.79 Å². The van der Waals surface area contributed by atoms with Crippen molar-refractivity contribution in [2.75, 3.05) is 11.9 Å². The second-order valence-electron chi connectivity index (χ2n) is 6.65. The summed E-state index contributed by atoms with van der Waals surface area (Å²) in [5, 5.41) is 10.9. The highest BCUT2D eigenvalue weighted by atomic mass is 16.1. The normalized spacial score (nSPS) is 13.5. The minimum absolute atomic E-state index is 0.0497. The van der Waals surface area contributed by atoms with Crippen LogP contribution in [0.1, 0.15) is 43.8 Å². The third-order valence-electron chi connectivity index (χ3n) is 4.07. The monoisotopic (exact) mass is 328 g/mol. The summed E-state index contributed by atoms with van der Waals surface area (Å²) in [6.45, 7) is 11.8. The predicted octanol–water partition coefficient (Wildman–Crippen LogP) is 3.45. The van der Waals surface area contributed by atoms with Gasteiger partial charge in [-0.25, -0.2) is 0 Å². The summed E-state index contributed by atoms with van der Waals surface area (Å²) in [7, 11) is 0. The molecule has 2 aromatic rings. The molecule has 1 aromatic heterocycles. The molecule has 2 rings (SSSR count). The van der Waals surface area contributed by atoms with Crippen LogP contribution >= 0.6 is 0 Å². The average Bonchev–Trinajstić information content (AvgIpc) is 2.82. The van der Waals surface area contributed by atoms with Gasteiger partial charge in [-0.1, -0.05) is 19.1 Å². The number of rotatable bonds is 7. The molecule has 0 spiro atoms. The van der Waals surface area contributed by atoms with Crippen molar-refractivity contribution in [3.63, 3.8) is 0 Å². The van der Waals surface area contributed by atoms with Gasteiger partial charge in [-0.2, -0.15) is 5.10 Å². The van der Waals surface area contributed by atoms with Crippen molar-refractivity contribution in [2.24, 2.45) is 5.92 Å². The van der Waals surface area contributed by atoms with Crippen LogP contribution in [0.3, 0.4) is 0 Å². The van der Waals surface area contributed by atoms with E-state index in [0.29, 0.717) is 5.92 Å². The Morgan fingerprint density at radius 1 is 1.25 bits per heavy atom. The van der Waals surface area contributed by atoms with Crippen molar-refractivity contribution in [1.82, 2.24) is 15.1 Å². The molecule has 0 aliphatic rings. The Hall–Kier alpha value is -2.14. The molecule has 0 saturated carbocycles. The Morgan fingerprint density at radius 2 is 2.00 bits per heavy atom. The first-order valence-electron chi connectivity index (χ1n) is 8.47. The van der Waals surface area contributed by atoms with Crippen LogP contribution in [-0.2, 0) is 11.3 Å². The molecular weight excluding hydrogens is 300 g/mol. The fourth-order valence-corrected chi connectivity index (χ4v) is 2.80. The predicted molar refractivity (Wildman–Crippen MR) is 98.0 cm³/mol. The zero-order chi connectivity index (χ0) is 17.7. The number of aryl methyl sites for hydroxylation is 2. The number of carbonyl (C=O) groups excluding carboxylic acids is 1. The summed E-state index contributed by atoms with van der Waals surface area (Å²) in [5.41, 5.74) is 4.27. The summed E-state index contributed by atoms with van der Waals surface area (Å²) in [6.07, 6.45) is 0. The zero-order valence-corrected chi connectivity index (χ0v) is 15.3. The van der Waals surface area contributed by atoms with Gasteiger partial charge in [-0.15, -0.1) is 0 Å². The number of hydrogen-bond donors (Lipinski definition) is 2. The number of nitrogens with zero attached hydrogens (tertiary/aromatic N) is 2. The zero-order valence-electron chi connectivity index (χ0n) is 15.3. The minimum Gasteiger partial charge on any atom is -0.326 e. The highest BCUT2D eigenvalue weighted by molar-refractivity contribution is 5.88. The van der Waals surface area contributed by atoms with Crippen molar-refractivity contribution >= 4 is 11.6 Å². The van der Waals surface area contributed by atoms with Crippen LogP contribution in [0.15, 0.2) is 30.3 Å². The molecule has 1 amide bonds. The van der Waals surface area contributed by atoms with Crippen molar-refractivity contribution in [2.45, 2.75) is 47.2 Å². The van der Waals surface area contributed by atoms with E-state index in [0.717, 1.165) is 24.5 Å². The van der Waals surface area contributed by atoms with Gasteiger partial charge in [0.05, 0.1) is 5.69 Å². The van der Waals surface area contributed by atoms with E-state index >= 15 is 0 Å². The van der Waals surface area contributed by atoms with Crippen LogP contribution in [0.4, 0.5) is 5.69 Å². The first-order chi connectivity index (χ1) is 11.3. The van der Waals surface area contributed by atoms with E-state index in [2.05, 4.69) is 53.3 Å². The minimum atomic E-state index is -0.0497. The third kappa shape index (κ3) is 5.20. The van der Waals surface area contributed by atoms with Gasteiger partial charge in [0.25, 0.3) is 0 Å². The summed E-state index contributed by atoms with van der Waals surface area (Å²) < 4.78 is 2.07. The van der Waals surface area contributed by atoms with Crippen LogP contribution in [0.5, 0.6) is 0 Å². The molecule has 130 valence electrons. The van der Waals surface area contributed by atoms with Gasteiger partial charge in [0.15, 0.2) is 0 Å². The smallest absolute Gasteiger partial charge is 0.221 e. The molecule has 24 heavy (non-hydrogen) atoms. The molecule has 0 aliphatic heterocycles. The molecule has 1 aromatic carbocycles. The molecule has 0 fully saturated rings. The number of aromatic nitrogens is 2. The Bertz CT molecular complexity index is 692. The number of nitrogens with one attached hydrogen (secondary N) is 2. The van der Waals surface area contributed by atoms with Crippen molar-refractivity contribution in [1.29, 1.82) is 0 Å². The van der Waals surface area contributed by atoms with Crippen LogP contribution in [0.2, 0.25) is 0 Å². The molecule has 2 N–H and O–H groups in total. The second-order valence-corrected chi connectivity index (χ2v) is 6.65. The van der Waals surface area contributed by atoms with Crippen molar-refractivity contribution in [3.05, 3.63) is 47.3 Å². The van der Waals surface area contributed by atoms with E-state index < -0.39 is 0 Å². The Kier molecular flexibility index (Phi) is 6.15. The molecule has 0 saturated heterocycles. The topological polar surface area (TPSA) is 59.0 Å².